The van der Waals surface area contributed by atoms with Gasteiger partial charge < -0.3 is 10.2 Å². The predicted octanol–water partition coefficient (Wildman–Crippen LogP) is 0.414. The average molecular weight is 196 g/mol. The molecule has 0 aliphatic carbocycles. The average Bonchev–Trinajstić information content (AvgIpc) is 2.71. The monoisotopic (exact) mass is 196 g/mol. The highest BCUT2D eigenvalue weighted by atomic mass is 19.1. The molecule has 1 aromatic heterocycles. The molecule has 0 aromatic carbocycles. The standard InChI is InChI=1S/C9H13FN4/c1-14(8-2-3-11-6-8)9-12-4-7(10)5-13-9/h4-5,8,11H,2-3,6H2,1H3/t8-/m0/s1. The van der Waals surface area contributed by atoms with Crippen LogP contribution in [0.15, 0.2) is 12.4 Å². The summed E-state index contributed by atoms with van der Waals surface area (Å²) < 4.78 is 12.6. The second-order valence-corrected chi connectivity index (χ2v) is 3.46. The minimum Gasteiger partial charge on any atom is -0.340 e. The fourth-order valence-electron chi connectivity index (χ4n) is 1.62. The zero-order valence-electron chi connectivity index (χ0n) is 8.07. The van der Waals surface area contributed by atoms with Crippen LogP contribution in [0.5, 0.6) is 0 Å². The normalized spacial score (nSPS) is 21.1. The van der Waals surface area contributed by atoms with Gasteiger partial charge in [0.05, 0.1) is 12.4 Å². The van der Waals surface area contributed by atoms with Crippen molar-refractivity contribution >= 4 is 5.95 Å². The van der Waals surface area contributed by atoms with E-state index in [1.165, 1.54) is 12.4 Å². The summed E-state index contributed by atoms with van der Waals surface area (Å²) in [7, 11) is 1.94. The van der Waals surface area contributed by atoms with E-state index in [0.717, 1.165) is 19.5 Å². The minimum absolute atomic E-state index is 0.397. The van der Waals surface area contributed by atoms with Crippen LogP contribution in [0.1, 0.15) is 6.42 Å². The molecule has 14 heavy (non-hydrogen) atoms. The van der Waals surface area contributed by atoms with E-state index in [4.69, 9.17) is 0 Å². The number of rotatable bonds is 2. The molecule has 1 aliphatic rings. The van der Waals surface area contributed by atoms with Crippen molar-refractivity contribution in [3.63, 3.8) is 0 Å². The Morgan fingerprint density at radius 2 is 2.21 bits per heavy atom. The zero-order valence-corrected chi connectivity index (χ0v) is 8.07. The van der Waals surface area contributed by atoms with Crippen LogP contribution in [0.25, 0.3) is 0 Å². The topological polar surface area (TPSA) is 41.1 Å². The maximum absolute atomic E-state index is 12.6. The van der Waals surface area contributed by atoms with E-state index in [1.807, 2.05) is 11.9 Å². The number of halogens is 1. The number of nitrogens with one attached hydrogen (secondary N) is 1. The summed E-state index contributed by atoms with van der Waals surface area (Å²) in [5.41, 5.74) is 0. The molecule has 1 fully saturated rings. The molecule has 4 nitrogen and oxygen atoms in total. The van der Waals surface area contributed by atoms with Crippen LogP contribution >= 0.6 is 0 Å². The van der Waals surface area contributed by atoms with Crippen LogP contribution in [0.2, 0.25) is 0 Å². The molecule has 0 saturated carbocycles. The van der Waals surface area contributed by atoms with Gasteiger partial charge in [-0.1, -0.05) is 0 Å². The molecule has 0 unspecified atom stereocenters. The Bertz CT molecular complexity index is 294. The summed E-state index contributed by atoms with van der Waals surface area (Å²) in [6.45, 7) is 1.97. The highest BCUT2D eigenvalue weighted by Crippen LogP contribution is 2.12. The summed E-state index contributed by atoms with van der Waals surface area (Å²) in [5, 5.41) is 3.26. The first-order chi connectivity index (χ1) is 6.77. The van der Waals surface area contributed by atoms with Crippen LogP contribution in [-0.2, 0) is 0 Å². The molecule has 76 valence electrons. The van der Waals surface area contributed by atoms with Crippen molar-refractivity contribution in [1.29, 1.82) is 0 Å². The summed E-state index contributed by atoms with van der Waals surface area (Å²) in [6.07, 6.45) is 3.47. The Kier molecular flexibility index (Phi) is 2.58. The molecule has 0 bridgehead atoms. The molecular formula is C9H13FN4. The lowest BCUT2D eigenvalue weighted by molar-refractivity contribution is 0.606. The van der Waals surface area contributed by atoms with Gasteiger partial charge in [-0.15, -0.1) is 0 Å². The van der Waals surface area contributed by atoms with Gasteiger partial charge in [-0.2, -0.15) is 0 Å². The Balaban J connectivity index is 2.09. The van der Waals surface area contributed by atoms with Crippen molar-refractivity contribution in [2.45, 2.75) is 12.5 Å². The number of aromatic nitrogens is 2. The fraction of sp³-hybridized carbons (Fsp3) is 0.556. The van der Waals surface area contributed by atoms with Gasteiger partial charge in [-0.05, 0) is 13.0 Å². The van der Waals surface area contributed by atoms with Crippen LogP contribution in [0.3, 0.4) is 0 Å². The smallest absolute Gasteiger partial charge is 0.225 e. The van der Waals surface area contributed by atoms with Crippen molar-refractivity contribution in [3.05, 3.63) is 18.2 Å². The third-order valence-electron chi connectivity index (χ3n) is 2.50. The largest absolute Gasteiger partial charge is 0.340 e. The molecule has 5 heteroatoms. The van der Waals surface area contributed by atoms with Crippen LogP contribution < -0.4 is 10.2 Å². The van der Waals surface area contributed by atoms with E-state index in [-0.39, 0.29) is 0 Å². The SMILES string of the molecule is CN(c1ncc(F)cn1)[C@H]1CCNC1. The van der Waals surface area contributed by atoms with Crippen molar-refractivity contribution in [2.75, 3.05) is 25.0 Å². The second kappa shape index (κ2) is 3.88. The molecule has 0 spiro atoms. The Morgan fingerprint density at radius 3 is 2.79 bits per heavy atom. The molecule has 0 amide bonds. The quantitative estimate of drug-likeness (QED) is 0.744. The van der Waals surface area contributed by atoms with E-state index < -0.39 is 5.82 Å². The van der Waals surface area contributed by atoms with Crippen molar-refractivity contribution in [2.24, 2.45) is 0 Å². The Morgan fingerprint density at radius 1 is 1.50 bits per heavy atom. The molecule has 1 aromatic rings. The maximum Gasteiger partial charge on any atom is 0.225 e. The Hall–Kier alpha value is -1.23. The van der Waals surface area contributed by atoms with E-state index in [2.05, 4.69) is 15.3 Å². The lowest BCUT2D eigenvalue weighted by Gasteiger charge is -2.23. The Labute approximate surface area is 82.2 Å². The van der Waals surface area contributed by atoms with Gasteiger partial charge in [0.2, 0.25) is 5.95 Å². The number of hydrogen-bond acceptors (Lipinski definition) is 4. The van der Waals surface area contributed by atoms with Gasteiger partial charge in [0.15, 0.2) is 5.82 Å². The lowest BCUT2D eigenvalue weighted by atomic mass is 10.2. The molecular weight excluding hydrogens is 183 g/mol. The van der Waals surface area contributed by atoms with Gasteiger partial charge in [0.25, 0.3) is 0 Å². The first-order valence-corrected chi connectivity index (χ1v) is 4.68. The van der Waals surface area contributed by atoms with Gasteiger partial charge in [-0.3, -0.25) is 0 Å². The third-order valence-corrected chi connectivity index (χ3v) is 2.50. The van der Waals surface area contributed by atoms with Crippen LogP contribution in [0, 0.1) is 5.82 Å². The van der Waals surface area contributed by atoms with E-state index in [0.29, 0.717) is 12.0 Å². The second-order valence-electron chi connectivity index (χ2n) is 3.46. The molecule has 0 radical (unpaired) electrons. The van der Waals surface area contributed by atoms with E-state index in [9.17, 15) is 4.39 Å². The molecule has 1 atom stereocenters. The van der Waals surface area contributed by atoms with E-state index in [1.54, 1.807) is 0 Å². The van der Waals surface area contributed by atoms with Gasteiger partial charge in [-0.25, -0.2) is 14.4 Å². The molecule has 2 heterocycles. The van der Waals surface area contributed by atoms with Crippen molar-refractivity contribution in [3.8, 4) is 0 Å². The van der Waals surface area contributed by atoms with Crippen LogP contribution in [0.4, 0.5) is 10.3 Å². The number of likely N-dealkylation sites (N-methyl/N-ethyl adjacent to an activating group) is 1. The number of nitrogens with zero attached hydrogens (tertiary/aromatic N) is 3. The van der Waals surface area contributed by atoms with Crippen molar-refractivity contribution < 1.29 is 4.39 Å². The summed E-state index contributed by atoms with van der Waals surface area (Å²) in [5.74, 6) is 0.187. The van der Waals surface area contributed by atoms with Crippen LogP contribution in [-0.4, -0.2) is 36.1 Å². The van der Waals surface area contributed by atoms with Crippen molar-refractivity contribution in [1.82, 2.24) is 15.3 Å². The highest BCUT2D eigenvalue weighted by molar-refractivity contribution is 5.29. The lowest BCUT2D eigenvalue weighted by Crippen LogP contribution is -2.34. The third kappa shape index (κ3) is 1.82. The van der Waals surface area contributed by atoms with Gasteiger partial charge >= 0.3 is 0 Å². The zero-order chi connectivity index (χ0) is 9.97. The van der Waals surface area contributed by atoms with Gasteiger partial charge in [0, 0.05) is 19.6 Å². The predicted molar refractivity (Wildman–Crippen MR) is 51.7 cm³/mol. The first-order valence-electron chi connectivity index (χ1n) is 4.68. The van der Waals surface area contributed by atoms with E-state index >= 15 is 0 Å². The summed E-state index contributed by atoms with van der Waals surface area (Å²) >= 11 is 0. The minimum atomic E-state index is -0.397. The van der Waals surface area contributed by atoms with Gasteiger partial charge in [0.1, 0.15) is 0 Å². The maximum atomic E-state index is 12.6. The summed E-state index contributed by atoms with van der Waals surface area (Å²) in [4.78, 5) is 9.86. The molecule has 1 N–H and O–H groups in total. The highest BCUT2D eigenvalue weighted by Gasteiger charge is 2.20. The molecule has 2 rings (SSSR count). The fourth-order valence-corrected chi connectivity index (χ4v) is 1.62. The molecule has 1 aliphatic heterocycles. The number of anilines is 1. The summed E-state index contributed by atoms with van der Waals surface area (Å²) in [6, 6.07) is 0.417. The molecule has 1 saturated heterocycles. The first kappa shape index (κ1) is 9.33. The number of hydrogen-bond donors (Lipinski definition) is 1.